The van der Waals surface area contributed by atoms with Gasteiger partial charge in [-0.25, -0.2) is 9.78 Å². The first-order valence-electron chi connectivity index (χ1n) is 7.65. The Labute approximate surface area is 143 Å². The molecule has 3 N–H and O–H groups in total. The van der Waals surface area contributed by atoms with E-state index in [1.165, 1.54) is 0 Å². The second kappa shape index (κ2) is 5.86. The Morgan fingerprint density at radius 1 is 1.24 bits per heavy atom. The lowest BCUT2D eigenvalue weighted by atomic mass is 10.1. The molecule has 7 heteroatoms. The number of nitrogens with one attached hydrogen (secondary N) is 2. The number of pyridine rings is 1. The van der Waals surface area contributed by atoms with Crippen molar-refractivity contribution >= 4 is 17.5 Å². The lowest BCUT2D eigenvalue weighted by Gasteiger charge is -2.10. The highest BCUT2D eigenvalue weighted by Gasteiger charge is 2.14. The minimum atomic E-state index is -0.989. The molecule has 0 saturated carbocycles. The zero-order valence-corrected chi connectivity index (χ0v) is 13.4. The highest BCUT2D eigenvalue weighted by Crippen LogP contribution is 2.35. The first-order chi connectivity index (χ1) is 12.1. The van der Waals surface area contributed by atoms with E-state index in [0.717, 1.165) is 28.1 Å². The van der Waals surface area contributed by atoms with Crippen LogP contribution in [0.4, 0.5) is 11.5 Å². The van der Waals surface area contributed by atoms with Gasteiger partial charge in [-0.15, -0.1) is 0 Å². The fourth-order valence-electron chi connectivity index (χ4n) is 2.70. The van der Waals surface area contributed by atoms with Crippen molar-refractivity contribution in [1.82, 2.24) is 9.97 Å². The number of ether oxygens (including phenoxy) is 2. The van der Waals surface area contributed by atoms with E-state index in [1.54, 1.807) is 18.5 Å². The van der Waals surface area contributed by atoms with Crippen molar-refractivity contribution in [2.24, 2.45) is 0 Å². The lowest BCUT2D eigenvalue weighted by Crippen LogP contribution is -1.96. The molecule has 0 amide bonds. The fourth-order valence-corrected chi connectivity index (χ4v) is 2.70. The smallest absolute Gasteiger partial charge is 0.352 e. The maximum absolute atomic E-state index is 11.1. The van der Waals surface area contributed by atoms with Crippen LogP contribution in [-0.4, -0.2) is 27.8 Å². The normalized spacial score (nSPS) is 12.2. The maximum atomic E-state index is 11.1. The zero-order chi connectivity index (χ0) is 17.4. The topological polar surface area (TPSA) is 96.5 Å². The summed E-state index contributed by atoms with van der Waals surface area (Å²) in [6.07, 6.45) is 3.42. The van der Waals surface area contributed by atoms with Crippen molar-refractivity contribution in [2.45, 2.75) is 6.92 Å². The molecule has 0 spiro atoms. The number of aromatic amines is 1. The van der Waals surface area contributed by atoms with E-state index in [2.05, 4.69) is 15.3 Å². The maximum Gasteiger partial charge on any atom is 0.352 e. The molecule has 7 nitrogen and oxygen atoms in total. The van der Waals surface area contributed by atoms with E-state index in [4.69, 9.17) is 14.6 Å². The van der Waals surface area contributed by atoms with E-state index in [0.29, 0.717) is 11.6 Å². The average Bonchev–Trinajstić information content (AvgIpc) is 3.25. The summed E-state index contributed by atoms with van der Waals surface area (Å²) < 4.78 is 10.7. The standard InChI is InChI=1S/C18H15N3O4/c1-10-7-20-17(6-13(10)11-4-14(18(22)23)19-8-11)21-12-2-3-15-16(5-12)25-9-24-15/h2-8,19H,9H2,1H3,(H,20,21)(H,22,23). The molecule has 1 aliphatic rings. The summed E-state index contributed by atoms with van der Waals surface area (Å²) in [6.45, 7) is 2.16. The molecule has 0 fully saturated rings. The first kappa shape index (κ1) is 15.1. The van der Waals surface area contributed by atoms with Crippen LogP contribution in [0.5, 0.6) is 11.5 Å². The van der Waals surface area contributed by atoms with Gasteiger partial charge in [0.1, 0.15) is 11.5 Å². The van der Waals surface area contributed by atoms with Gasteiger partial charge in [0.25, 0.3) is 0 Å². The molecule has 2 aromatic heterocycles. The molecular weight excluding hydrogens is 322 g/mol. The van der Waals surface area contributed by atoms with Crippen molar-refractivity contribution in [2.75, 3.05) is 12.1 Å². The van der Waals surface area contributed by atoms with Gasteiger partial charge in [-0.05, 0) is 42.3 Å². The average molecular weight is 337 g/mol. The number of benzene rings is 1. The van der Waals surface area contributed by atoms with Crippen LogP contribution in [0.1, 0.15) is 16.1 Å². The molecule has 3 aromatic rings. The second-order valence-corrected chi connectivity index (χ2v) is 5.68. The van der Waals surface area contributed by atoms with Crippen LogP contribution >= 0.6 is 0 Å². The van der Waals surface area contributed by atoms with Crippen LogP contribution in [0.25, 0.3) is 11.1 Å². The predicted molar refractivity (Wildman–Crippen MR) is 91.6 cm³/mol. The van der Waals surface area contributed by atoms with E-state index in [-0.39, 0.29) is 12.5 Å². The quantitative estimate of drug-likeness (QED) is 0.674. The van der Waals surface area contributed by atoms with E-state index < -0.39 is 5.97 Å². The number of nitrogens with zero attached hydrogens (tertiary/aromatic N) is 1. The Balaban J connectivity index is 1.64. The molecule has 0 unspecified atom stereocenters. The van der Waals surface area contributed by atoms with Crippen LogP contribution in [0.2, 0.25) is 0 Å². The molecule has 4 rings (SSSR count). The third-order valence-corrected chi connectivity index (χ3v) is 3.97. The highest BCUT2D eigenvalue weighted by molar-refractivity contribution is 5.88. The summed E-state index contributed by atoms with van der Waals surface area (Å²) in [5, 5.41) is 12.3. The number of aryl methyl sites for hydroxylation is 1. The number of hydrogen-bond donors (Lipinski definition) is 3. The number of carboxylic acid groups (broad SMARTS) is 1. The monoisotopic (exact) mass is 337 g/mol. The van der Waals surface area contributed by atoms with Gasteiger partial charge in [-0.2, -0.15) is 0 Å². The Morgan fingerprint density at radius 3 is 2.88 bits per heavy atom. The summed E-state index contributed by atoms with van der Waals surface area (Å²) in [4.78, 5) is 18.2. The number of hydrogen-bond acceptors (Lipinski definition) is 5. The van der Waals surface area contributed by atoms with Gasteiger partial charge in [0.05, 0.1) is 0 Å². The van der Waals surface area contributed by atoms with Gasteiger partial charge in [0.2, 0.25) is 6.79 Å². The number of carbonyl (C=O) groups is 1. The Kier molecular flexibility index (Phi) is 3.53. The Morgan fingerprint density at radius 2 is 2.08 bits per heavy atom. The minimum Gasteiger partial charge on any atom is -0.477 e. The fraction of sp³-hybridized carbons (Fsp3) is 0.111. The summed E-state index contributed by atoms with van der Waals surface area (Å²) in [5.41, 5.74) is 3.63. The summed E-state index contributed by atoms with van der Waals surface area (Å²) in [6, 6.07) is 9.06. The van der Waals surface area contributed by atoms with Gasteiger partial charge in [0, 0.05) is 29.7 Å². The van der Waals surface area contributed by atoms with Crippen molar-refractivity contribution in [3.8, 4) is 22.6 Å². The molecule has 126 valence electrons. The molecule has 1 aromatic carbocycles. The second-order valence-electron chi connectivity index (χ2n) is 5.68. The molecule has 1 aliphatic heterocycles. The minimum absolute atomic E-state index is 0.150. The number of aromatic carboxylic acids is 1. The van der Waals surface area contributed by atoms with Gasteiger partial charge < -0.3 is 24.9 Å². The van der Waals surface area contributed by atoms with Gasteiger partial charge in [-0.1, -0.05) is 0 Å². The van der Waals surface area contributed by atoms with E-state index in [9.17, 15) is 4.79 Å². The number of carboxylic acids is 1. The van der Waals surface area contributed by atoms with Crippen LogP contribution in [0.15, 0.2) is 42.7 Å². The zero-order valence-electron chi connectivity index (χ0n) is 13.4. The van der Waals surface area contributed by atoms with Crippen molar-refractivity contribution in [3.05, 3.63) is 54.0 Å². The molecule has 25 heavy (non-hydrogen) atoms. The Bertz CT molecular complexity index is 965. The van der Waals surface area contributed by atoms with Gasteiger partial charge in [0.15, 0.2) is 11.5 Å². The van der Waals surface area contributed by atoms with Crippen LogP contribution in [0, 0.1) is 6.92 Å². The van der Waals surface area contributed by atoms with Gasteiger partial charge >= 0.3 is 5.97 Å². The first-order valence-corrected chi connectivity index (χ1v) is 7.65. The SMILES string of the molecule is Cc1cnc(Nc2ccc3c(c2)OCO3)cc1-c1c[nH]c(C(=O)O)c1. The summed E-state index contributed by atoms with van der Waals surface area (Å²) >= 11 is 0. The van der Waals surface area contributed by atoms with E-state index >= 15 is 0 Å². The third-order valence-electron chi connectivity index (χ3n) is 3.97. The molecule has 0 atom stereocenters. The van der Waals surface area contributed by atoms with Crippen LogP contribution < -0.4 is 14.8 Å². The number of H-pyrrole nitrogens is 1. The largest absolute Gasteiger partial charge is 0.477 e. The number of anilines is 2. The van der Waals surface area contributed by atoms with E-state index in [1.807, 2.05) is 31.2 Å². The van der Waals surface area contributed by atoms with Gasteiger partial charge in [-0.3, -0.25) is 0 Å². The number of aromatic nitrogens is 2. The van der Waals surface area contributed by atoms with Crippen molar-refractivity contribution in [3.63, 3.8) is 0 Å². The van der Waals surface area contributed by atoms with Crippen molar-refractivity contribution < 1.29 is 19.4 Å². The highest BCUT2D eigenvalue weighted by atomic mass is 16.7. The molecule has 0 bridgehead atoms. The molecule has 3 heterocycles. The predicted octanol–water partition coefficient (Wildman–Crippen LogP) is 3.56. The molecule has 0 radical (unpaired) electrons. The number of rotatable bonds is 4. The van der Waals surface area contributed by atoms with Crippen LogP contribution in [-0.2, 0) is 0 Å². The summed E-state index contributed by atoms with van der Waals surface area (Å²) in [5.74, 6) is 1.07. The lowest BCUT2D eigenvalue weighted by molar-refractivity contribution is 0.0691. The summed E-state index contributed by atoms with van der Waals surface area (Å²) in [7, 11) is 0. The van der Waals surface area contributed by atoms with Crippen molar-refractivity contribution in [1.29, 1.82) is 0 Å². The third kappa shape index (κ3) is 2.87. The van der Waals surface area contributed by atoms with Crippen LogP contribution in [0.3, 0.4) is 0 Å². The molecule has 0 aliphatic carbocycles. The molecular formula is C18H15N3O4. The Hall–Kier alpha value is -3.48. The number of fused-ring (bicyclic) bond motifs is 1. The molecule has 0 saturated heterocycles.